The Morgan fingerprint density at radius 2 is 1.88 bits per heavy atom. The Balaban J connectivity index is 1.93. The lowest BCUT2D eigenvalue weighted by Crippen LogP contribution is -2.28. The van der Waals surface area contributed by atoms with Crippen molar-refractivity contribution in [3.63, 3.8) is 0 Å². The first-order valence-electron chi connectivity index (χ1n) is 10.7. The molecule has 0 unspecified atom stereocenters. The summed E-state index contributed by atoms with van der Waals surface area (Å²) >= 11 is 0. The van der Waals surface area contributed by atoms with Crippen molar-refractivity contribution in [2.45, 2.75) is 39.6 Å². The first kappa shape index (κ1) is 20.6. The fourth-order valence-corrected chi connectivity index (χ4v) is 4.83. The fourth-order valence-electron chi connectivity index (χ4n) is 4.83. The van der Waals surface area contributed by atoms with Crippen molar-refractivity contribution in [2.24, 2.45) is 0 Å². The van der Waals surface area contributed by atoms with E-state index < -0.39 is 0 Å². The van der Waals surface area contributed by atoms with Crippen LogP contribution in [0.25, 0.3) is 21.5 Å². The molecule has 1 amide bonds. The van der Waals surface area contributed by atoms with Crippen LogP contribution in [-0.2, 0) is 22.7 Å². The molecule has 7 nitrogen and oxygen atoms in total. The van der Waals surface area contributed by atoms with Crippen LogP contribution >= 0.6 is 0 Å². The highest BCUT2D eigenvalue weighted by Gasteiger charge is 2.35. The van der Waals surface area contributed by atoms with Crippen LogP contribution in [0.4, 0.5) is 5.69 Å². The van der Waals surface area contributed by atoms with Crippen molar-refractivity contribution in [3.05, 3.63) is 34.9 Å². The van der Waals surface area contributed by atoms with Gasteiger partial charge in [-0.25, -0.2) is 0 Å². The van der Waals surface area contributed by atoms with Gasteiger partial charge in [0.15, 0.2) is 11.5 Å². The molecule has 166 valence electrons. The van der Waals surface area contributed by atoms with Crippen LogP contribution < -0.4 is 19.1 Å². The van der Waals surface area contributed by atoms with E-state index in [1.165, 1.54) is 0 Å². The molecule has 32 heavy (non-hydrogen) atoms. The van der Waals surface area contributed by atoms with E-state index in [9.17, 15) is 9.59 Å². The van der Waals surface area contributed by atoms with Gasteiger partial charge >= 0.3 is 0 Å². The number of hydrogen-bond donors (Lipinski definition) is 0. The van der Waals surface area contributed by atoms with Crippen LogP contribution in [0.2, 0.25) is 0 Å². The van der Waals surface area contributed by atoms with Gasteiger partial charge in [-0.1, -0.05) is 0 Å². The normalized spacial score (nSPS) is 14.5. The maximum atomic E-state index is 13.3. The van der Waals surface area contributed by atoms with Crippen molar-refractivity contribution in [2.75, 3.05) is 25.7 Å². The molecule has 7 heteroatoms. The topological polar surface area (TPSA) is 74.3 Å². The largest absolute Gasteiger partial charge is 0.493 e. The molecule has 5 rings (SSSR count). The predicted octanol–water partition coefficient (Wildman–Crippen LogP) is 4.38. The number of anilines is 1. The molecule has 0 aliphatic carbocycles. The Morgan fingerprint density at radius 1 is 1.06 bits per heavy atom. The lowest BCUT2D eigenvalue weighted by Gasteiger charge is -2.21. The number of ether oxygens (including phenoxy) is 4. The van der Waals surface area contributed by atoms with Gasteiger partial charge in [0.2, 0.25) is 5.75 Å². The van der Waals surface area contributed by atoms with Gasteiger partial charge in [0.1, 0.15) is 6.29 Å². The monoisotopic (exact) mass is 435 g/mol. The van der Waals surface area contributed by atoms with Crippen molar-refractivity contribution in [3.8, 4) is 17.2 Å². The van der Waals surface area contributed by atoms with E-state index in [4.69, 9.17) is 18.9 Å². The molecular weight excluding hydrogens is 410 g/mol. The number of amides is 1. The summed E-state index contributed by atoms with van der Waals surface area (Å²) < 4.78 is 23.3. The zero-order valence-corrected chi connectivity index (χ0v) is 18.6. The minimum Gasteiger partial charge on any atom is -0.493 e. The Labute approximate surface area is 185 Å². The van der Waals surface area contributed by atoms with Crippen molar-refractivity contribution < 1.29 is 28.5 Å². The third kappa shape index (κ3) is 2.84. The number of benzene rings is 3. The number of aldehydes is 1. The summed E-state index contributed by atoms with van der Waals surface area (Å²) in [6.45, 7) is 5.15. The molecule has 0 bridgehead atoms. The molecule has 0 saturated carbocycles. The van der Waals surface area contributed by atoms with Crippen molar-refractivity contribution in [1.29, 1.82) is 0 Å². The number of carbonyl (C=O) groups is 2. The Bertz CT molecular complexity index is 1280. The van der Waals surface area contributed by atoms with Gasteiger partial charge in [-0.15, -0.1) is 0 Å². The number of fused-ring (bicyclic) bond motifs is 4. The maximum Gasteiger partial charge on any atom is 0.259 e. The van der Waals surface area contributed by atoms with Crippen LogP contribution in [0.1, 0.15) is 41.8 Å². The summed E-state index contributed by atoms with van der Waals surface area (Å²) in [4.78, 5) is 26.1. The number of carbonyl (C=O) groups excluding carboxylic acids is 2. The van der Waals surface area contributed by atoms with Gasteiger partial charge in [-0.2, -0.15) is 0 Å². The van der Waals surface area contributed by atoms with Crippen LogP contribution in [0.3, 0.4) is 0 Å². The maximum absolute atomic E-state index is 13.3. The molecule has 3 aromatic rings. The molecule has 0 spiro atoms. The third-order valence-corrected chi connectivity index (χ3v) is 6.09. The van der Waals surface area contributed by atoms with Crippen LogP contribution in [0, 0.1) is 0 Å². The highest BCUT2D eigenvalue weighted by molar-refractivity contribution is 6.31. The number of rotatable bonds is 7. The summed E-state index contributed by atoms with van der Waals surface area (Å²) in [7, 11) is 3.20. The number of hydrogen-bond acceptors (Lipinski definition) is 6. The first-order chi connectivity index (χ1) is 15.5. The van der Waals surface area contributed by atoms with E-state index in [0.29, 0.717) is 42.6 Å². The number of methoxy groups -OCH3 is 2. The summed E-state index contributed by atoms with van der Waals surface area (Å²) in [5.41, 5.74) is 3.51. The molecule has 0 radical (unpaired) electrons. The Morgan fingerprint density at radius 3 is 2.56 bits per heavy atom. The second-order valence-electron chi connectivity index (χ2n) is 8.32. The lowest BCUT2D eigenvalue weighted by atomic mass is 9.91. The summed E-state index contributed by atoms with van der Waals surface area (Å²) in [6, 6.07) is 5.86. The predicted molar refractivity (Wildman–Crippen MR) is 121 cm³/mol. The van der Waals surface area contributed by atoms with Gasteiger partial charge < -0.3 is 28.6 Å². The fraction of sp³-hybridized carbons (Fsp3) is 0.360. The summed E-state index contributed by atoms with van der Waals surface area (Å²) in [6.07, 6.45) is 1.02. The van der Waals surface area contributed by atoms with Crippen molar-refractivity contribution in [1.82, 2.24) is 0 Å². The lowest BCUT2D eigenvalue weighted by molar-refractivity contribution is -0.107. The first-order valence-corrected chi connectivity index (χ1v) is 10.7. The van der Waals surface area contributed by atoms with E-state index in [1.54, 1.807) is 19.1 Å². The molecular formula is C25H25NO6. The van der Waals surface area contributed by atoms with E-state index in [0.717, 1.165) is 44.6 Å². The van der Waals surface area contributed by atoms with Gasteiger partial charge in [-0.05, 0) is 53.9 Å². The molecule has 3 aromatic carbocycles. The molecule has 2 heterocycles. The smallest absolute Gasteiger partial charge is 0.259 e. The van der Waals surface area contributed by atoms with E-state index in [1.807, 2.05) is 32.0 Å². The average Bonchev–Trinajstić information content (AvgIpc) is 3.35. The Hall–Kier alpha value is -3.32. The highest BCUT2D eigenvalue weighted by atomic mass is 16.5. The summed E-state index contributed by atoms with van der Waals surface area (Å²) in [5.74, 6) is 1.55. The van der Waals surface area contributed by atoms with Gasteiger partial charge in [0.05, 0.1) is 44.8 Å². The highest BCUT2D eigenvalue weighted by Crippen LogP contribution is 2.52. The second kappa shape index (κ2) is 7.67. The minimum atomic E-state index is -0.0959. The molecule has 0 atom stereocenters. The third-order valence-electron chi connectivity index (χ3n) is 6.09. The van der Waals surface area contributed by atoms with E-state index in [2.05, 4.69) is 0 Å². The number of nitrogens with zero attached hydrogens (tertiary/aromatic N) is 1. The standard InChI is InChI=1S/C25H25NO6/c1-13(2)32-24-20(29-3)10-15-16(23(24)30-4)9-19-22-17(25(28)26(19)6-5-7-27)8-14-11-31-12-18(14)21(15)22/h7-10,13H,5-6,11-12H2,1-4H3. The zero-order valence-electron chi connectivity index (χ0n) is 18.6. The van der Waals surface area contributed by atoms with E-state index >= 15 is 0 Å². The molecule has 0 saturated heterocycles. The molecule has 0 fully saturated rings. The zero-order chi connectivity index (χ0) is 22.6. The average molecular weight is 435 g/mol. The summed E-state index contributed by atoms with van der Waals surface area (Å²) in [5, 5.41) is 3.60. The van der Waals surface area contributed by atoms with Crippen LogP contribution in [0.5, 0.6) is 17.2 Å². The molecule has 0 N–H and O–H groups in total. The van der Waals surface area contributed by atoms with Gasteiger partial charge in [-0.3, -0.25) is 4.79 Å². The van der Waals surface area contributed by atoms with Gasteiger partial charge in [0.25, 0.3) is 5.91 Å². The van der Waals surface area contributed by atoms with Gasteiger partial charge in [0, 0.05) is 23.7 Å². The quantitative estimate of drug-likeness (QED) is 0.405. The second-order valence-corrected chi connectivity index (χ2v) is 8.32. The van der Waals surface area contributed by atoms with Crippen LogP contribution in [-0.4, -0.2) is 39.1 Å². The van der Waals surface area contributed by atoms with E-state index in [-0.39, 0.29) is 18.4 Å². The van der Waals surface area contributed by atoms with Crippen LogP contribution in [0.15, 0.2) is 18.2 Å². The Kier molecular flexibility index (Phi) is 4.93. The van der Waals surface area contributed by atoms with Crippen molar-refractivity contribution >= 4 is 39.4 Å². The SMILES string of the molecule is COc1cc2c(cc3c4c(cc5c(c42)COC5)C(=O)N3CCC=O)c(OC)c1OC(C)C. The molecule has 2 aliphatic heterocycles. The minimum absolute atomic E-state index is 0.0826. The molecule has 2 aliphatic rings. The molecule has 0 aromatic heterocycles.